The van der Waals surface area contributed by atoms with Gasteiger partial charge in [0.25, 0.3) is 0 Å². The van der Waals surface area contributed by atoms with Crippen LogP contribution in [0.5, 0.6) is 0 Å². The Kier molecular flexibility index (Phi) is 9.40. The summed E-state index contributed by atoms with van der Waals surface area (Å²) in [6, 6.07) is 17.0. The average molecular weight is 476 g/mol. The van der Waals surface area contributed by atoms with E-state index < -0.39 is 5.60 Å². The Morgan fingerprint density at radius 3 is 1.77 bits per heavy atom. The molecule has 0 bridgehead atoms. The molecule has 0 aliphatic heterocycles. The summed E-state index contributed by atoms with van der Waals surface area (Å²) in [6.45, 7) is 12.5. The van der Waals surface area contributed by atoms with Gasteiger partial charge in [-0.15, -0.1) is 0 Å². The van der Waals surface area contributed by atoms with Crippen LogP contribution in [0.1, 0.15) is 44.7 Å². The molecular weight excluding hydrogens is 438 g/mol. The van der Waals surface area contributed by atoms with Crippen molar-refractivity contribution in [3.05, 3.63) is 72.3 Å². The van der Waals surface area contributed by atoms with Gasteiger partial charge in [-0.1, -0.05) is 55.1 Å². The van der Waals surface area contributed by atoms with Gasteiger partial charge in [0.1, 0.15) is 5.60 Å². The summed E-state index contributed by atoms with van der Waals surface area (Å²) in [5, 5.41) is 14.7. The highest BCUT2D eigenvalue weighted by molar-refractivity contribution is 6.05. The van der Waals surface area contributed by atoms with Gasteiger partial charge in [0, 0.05) is 26.2 Å². The summed E-state index contributed by atoms with van der Waals surface area (Å²) in [7, 11) is 0. The highest BCUT2D eigenvalue weighted by Gasteiger charge is 2.16. The Hall–Kier alpha value is -3.22. The minimum absolute atomic E-state index is 0.141. The molecule has 1 amide bonds. The van der Waals surface area contributed by atoms with Crippen LogP contribution in [0.3, 0.4) is 0 Å². The Morgan fingerprint density at radius 2 is 1.31 bits per heavy atom. The van der Waals surface area contributed by atoms with Gasteiger partial charge in [0.05, 0.1) is 6.42 Å². The smallest absolute Gasteiger partial charge is 0.307 e. The molecule has 3 aromatic carbocycles. The number of carbonyl (C=O) groups is 2. The highest BCUT2D eigenvalue weighted by atomic mass is 16.6. The van der Waals surface area contributed by atoms with Crippen LogP contribution >= 0.6 is 0 Å². The first kappa shape index (κ1) is 26.4. The van der Waals surface area contributed by atoms with E-state index in [9.17, 15) is 9.59 Å². The summed E-state index contributed by atoms with van der Waals surface area (Å²) >= 11 is 0. The lowest BCUT2D eigenvalue weighted by Crippen LogP contribution is -2.26. The van der Waals surface area contributed by atoms with E-state index in [1.54, 1.807) is 0 Å². The summed E-state index contributed by atoms with van der Waals surface area (Å²) < 4.78 is 5.41. The van der Waals surface area contributed by atoms with Crippen LogP contribution in [-0.2, 0) is 27.4 Å². The second-order valence-corrected chi connectivity index (χ2v) is 9.59. The number of hydrogen-bond acceptors (Lipinski definition) is 5. The number of nitrogens with one attached hydrogen (secondary N) is 3. The molecule has 0 aliphatic rings. The molecule has 0 saturated carbocycles. The van der Waals surface area contributed by atoms with Crippen LogP contribution in [0.15, 0.2) is 61.2 Å². The van der Waals surface area contributed by atoms with Crippen molar-refractivity contribution in [3.63, 3.8) is 0 Å². The third kappa shape index (κ3) is 7.64. The van der Waals surface area contributed by atoms with Gasteiger partial charge in [0.2, 0.25) is 5.91 Å². The molecule has 6 heteroatoms. The SMILES string of the molecule is C=CC(=O)NCCCNCc1c2ccccc2c(CNCCC(=O)OC(C)(C)C)c2ccccc12. The lowest BCUT2D eigenvalue weighted by Gasteiger charge is -2.20. The first-order chi connectivity index (χ1) is 16.8. The molecule has 0 spiro atoms. The van der Waals surface area contributed by atoms with Crippen LogP contribution in [-0.4, -0.2) is 37.1 Å². The molecule has 6 nitrogen and oxygen atoms in total. The predicted octanol–water partition coefficient (Wildman–Crippen LogP) is 4.60. The van der Waals surface area contributed by atoms with Gasteiger partial charge in [-0.25, -0.2) is 0 Å². The van der Waals surface area contributed by atoms with Gasteiger partial charge in [-0.05, 0) is 72.5 Å². The molecule has 0 aliphatic carbocycles. The zero-order valence-corrected chi connectivity index (χ0v) is 21.1. The lowest BCUT2D eigenvalue weighted by atomic mass is 9.91. The molecule has 3 aromatic rings. The van der Waals surface area contributed by atoms with Crippen LogP contribution < -0.4 is 16.0 Å². The molecule has 0 aromatic heterocycles. The average Bonchev–Trinajstić information content (AvgIpc) is 2.83. The van der Waals surface area contributed by atoms with Crippen molar-refractivity contribution in [1.82, 2.24) is 16.0 Å². The van der Waals surface area contributed by atoms with Crippen molar-refractivity contribution in [2.75, 3.05) is 19.6 Å². The largest absolute Gasteiger partial charge is 0.460 e. The summed E-state index contributed by atoms with van der Waals surface area (Å²) in [4.78, 5) is 23.4. The van der Waals surface area contributed by atoms with Crippen molar-refractivity contribution < 1.29 is 14.3 Å². The van der Waals surface area contributed by atoms with Gasteiger partial charge in [-0.3, -0.25) is 9.59 Å². The standard InChI is InChI=1S/C29H37N3O3/c1-5-27(33)32-17-10-16-30-19-25-21-11-6-8-13-23(21)26(24-14-9-7-12-22(24)25)20-31-18-15-28(34)35-29(2,3)4/h5-9,11-14,30-31H,1,10,15-20H2,2-4H3,(H,32,33). The molecule has 35 heavy (non-hydrogen) atoms. The molecule has 0 unspecified atom stereocenters. The van der Waals surface area contributed by atoms with E-state index in [0.29, 0.717) is 26.1 Å². The lowest BCUT2D eigenvalue weighted by molar-refractivity contribution is -0.154. The maximum Gasteiger partial charge on any atom is 0.307 e. The second-order valence-electron chi connectivity index (χ2n) is 9.59. The minimum Gasteiger partial charge on any atom is -0.460 e. The number of benzene rings is 3. The predicted molar refractivity (Wildman–Crippen MR) is 143 cm³/mol. The Labute approximate surface area is 208 Å². The monoisotopic (exact) mass is 475 g/mol. The van der Waals surface area contributed by atoms with E-state index in [2.05, 4.69) is 71.1 Å². The van der Waals surface area contributed by atoms with Crippen molar-refractivity contribution in [2.45, 2.75) is 52.3 Å². The Morgan fingerprint density at radius 1 is 0.829 bits per heavy atom. The summed E-state index contributed by atoms with van der Waals surface area (Å²) in [6.07, 6.45) is 2.47. The number of fused-ring (bicyclic) bond motifs is 2. The van der Waals surface area contributed by atoms with Gasteiger partial charge in [-0.2, -0.15) is 0 Å². The van der Waals surface area contributed by atoms with Crippen molar-refractivity contribution >= 4 is 33.4 Å². The second kappa shape index (κ2) is 12.5. The van der Waals surface area contributed by atoms with Crippen molar-refractivity contribution in [3.8, 4) is 0 Å². The fraction of sp³-hybridized carbons (Fsp3) is 0.379. The van der Waals surface area contributed by atoms with Crippen LogP contribution in [0.4, 0.5) is 0 Å². The van der Waals surface area contributed by atoms with Crippen molar-refractivity contribution in [2.24, 2.45) is 0 Å². The number of hydrogen-bond donors (Lipinski definition) is 3. The van der Waals surface area contributed by atoms with E-state index in [0.717, 1.165) is 19.5 Å². The van der Waals surface area contributed by atoms with E-state index in [1.807, 2.05) is 20.8 Å². The first-order valence-corrected chi connectivity index (χ1v) is 12.2. The Bertz CT molecular complexity index is 1120. The summed E-state index contributed by atoms with van der Waals surface area (Å²) in [5.74, 6) is -0.331. The van der Waals surface area contributed by atoms with Crippen LogP contribution in [0, 0.1) is 0 Å². The van der Waals surface area contributed by atoms with Crippen LogP contribution in [0.2, 0.25) is 0 Å². The molecule has 0 heterocycles. The minimum atomic E-state index is -0.465. The highest BCUT2D eigenvalue weighted by Crippen LogP contribution is 2.33. The molecule has 0 radical (unpaired) electrons. The number of ether oxygens (including phenoxy) is 1. The summed E-state index contributed by atoms with van der Waals surface area (Å²) in [5.41, 5.74) is 2.03. The number of rotatable bonds is 12. The quantitative estimate of drug-likeness (QED) is 0.154. The van der Waals surface area contributed by atoms with E-state index in [-0.39, 0.29) is 11.9 Å². The maximum atomic E-state index is 12.1. The molecule has 3 rings (SSSR count). The van der Waals surface area contributed by atoms with Gasteiger partial charge >= 0.3 is 5.97 Å². The van der Waals surface area contributed by atoms with Gasteiger partial charge < -0.3 is 20.7 Å². The maximum absolute atomic E-state index is 12.1. The molecular formula is C29H37N3O3. The topological polar surface area (TPSA) is 79.5 Å². The molecule has 186 valence electrons. The molecule has 0 saturated heterocycles. The third-order valence-electron chi connectivity index (χ3n) is 5.70. The number of carbonyl (C=O) groups excluding carboxylic acids is 2. The van der Waals surface area contributed by atoms with E-state index in [1.165, 1.54) is 38.7 Å². The first-order valence-electron chi connectivity index (χ1n) is 12.2. The zero-order valence-electron chi connectivity index (χ0n) is 21.1. The third-order valence-corrected chi connectivity index (χ3v) is 5.70. The molecule has 0 atom stereocenters. The number of amides is 1. The molecule has 0 fully saturated rings. The Balaban J connectivity index is 1.73. The van der Waals surface area contributed by atoms with Crippen molar-refractivity contribution in [1.29, 1.82) is 0 Å². The number of esters is 1. The fourth-order valence-electron chi connectivity index (χ4n) is 4.20. The normalized spacial score (nSPS) is 11.5. The fourth-order valence-corrected chi connectivity index (χ4v) is 4.20. The van der Waals surface area contributed by atoms with Gasteiger partial charge in [0.15, 0.2) is 0 Å². The molecule has 3 N–H and O–H groups in total. The zero-order chi connectivity index (χ0) is 25.3. The van der Waals surface area contributed by atoms with E-state index in [4.69, 9.17) is 4.74 Å². The van der Waals surface area contributed by atoms with Crippen LogP contribution in [0.25, 0.3) is 21.5 Å². The van der Waals surface area contributed by atoms with E-state index >= 15 is 0 Å².